The molecule has 0 radical (unpaired) electrons. The van der Waals surface area contributed by atoms with Crippen molar-refractivity contribution >= 4 is 5.82 Å². The molecule has 0 atom stereocenters. The van der Waals surface area contributed by atoms with Crippen LogP contribution in [-0.2, 0) is 0 Å². The zero-order valence-electron chi connectivity index (χ0n) is 14.0. The molecule has 2 aliphatic heterocycles. The molecule has 2 saturated heterocycles. The van der Waals surface area contributed by atoms with Gasteiger partial charge in [0.2, 0.25) is 0 Å². The lowest BCUT2D eigenvalue weighted by Gasteiger charge is -2.46. The molecule has 3 aliphatic rings. The standard InChI is InChI=1S/C18H28N4/c1-14-19-16(15-3-4-15)13-17(20-14)22-11-7-18(8-12-22)5-9-21(2)10-6-18/h13,15H,3-12H2,1-2H3. The average Bonchev–Trinajstić information content (AvgIpc) is 3.36. The maximum absolute atomic E-state index is 4.72. The van der Waals surface area contributed by atoms with Crippen LogP contribution in [0.4, 0.5) is 5.82 Å². The number of hydrogen-bond donors (Lipinski definition) is 0. The number of rotatable bonds is 2. The minimum atomic E-state index is 0.615. The first-order valence-electron chi connectivity index (χ1n) is 8.93. The number of hydrogen-bond acceptors (Lipinski definition) is 4. The number of anilines is 1. The lowest BCUT2D eigenvalue weighted by molar-refractivity contribution is 0.0943. The molecule has 0 bridgehead atoms. The highest BCUT2D eigenvalue weighted by Gasteiger charge is 2.37. The first-order chi connectivity index (χ1) is 10.6. The Morgan fingerprint density at radius 3 is 2.27 bits per heavy atom. The van der Waals surface area contributed by atoms with Gasteiger partial charge in [-0.2, -0.15) is 0 Å². The van der Waals surface area contributed by atoms with Crippen LogP contribution in [0.15, 0.2) is 6.07 Å². The van der Waals surface area contributed by atoms with Crippen molar-refractivity contribution < 1.29 is 0 Å². The topological polar surface area (TPSA) is 32.3 Å². The minimum absolute atomic E-state index is 0.615. The van der Waals surface area contributed by atoms with Gasteiger partial charge in [-0.15, -0.1) is 0 Å². The molecule has 4 heteroatoms. The molecule has 22 heavy (non-hydrogen) atoms. The fourth-order valence-corrected chi connectivity index (χ4v) is 4.13. The van der Waals surface area contributed by atoms with E-state index in [1.807, 2.05) is 6.92 Å². The van der Waals surface area contributed by atoms with Crippen LogP contribution >= 0.6 is 0 Å². The Kier molecular flexibility index (Phi) is 3.60. The van der Waals surface area contributed by atoms with E-state index >= 15 is 0 Å². The summed E-state index contributed by atoms with van der Waals surface area (Å²) in [6.07, 6.45) is 8.06. The summed E-state index contributed by atoms with van der Waals surface area (Å²) >= 11 is 0. The van der Waals surface area contributed by atoms with Crippen LogP contribution in [0.3, 0.4) is 0 Å². The molecule has 4 nitrogen and oxygen atoms in total. The smallest absolute Gasteiger partial charge is 0.132 e. The van der Waals surface area contributed by atoms with Gasteiger partial charge in [0.15, 0.2) is 0 Å². The quantitative estimate of drug-likeness (QED) is 0.840. The third-order valence-electron chi connectivity index (χ3n) is 6.04. The summed E-state index contributed by atoms with van der Waals surface area (Å²) in [5, 5.41) is 0. The number of aromatic nitrogens is 2. The van der Waals surface area contributed by atoms with Crippen molar-refractivity contribution in [3.05, 3.63) is 17.6 Å². The van der Waals surface area contributed by atoms with E-state index in [4.69, 9.17) is 4.98 Å². The summed E-state index contributed by atoms with van der Waals surface area (Å²) < 4.78 is 0. The lowest BCUT2D eigenvalue weighted by Crippen LogP contribution is -2.46. The zero-order valence-corrected chi connectivity index (χ0v) is 14.0. The molecule has 0 amide bonds. The normalized spacial score (nSPS) is 25.6. The molecular weight excluding hydrogens is 272 g/mol. The van der Waals surface area contributed by atoms with Crippen LogP contribution in [0.1, 0.15) is 56.0 Å². The van der Waals surface area contributed by atoms with Crippen LogP contribution < -0.4 is 4.90 Å². The molecule has 1 aromatic heterocycles. The molecule has 0 unspecified atom stereocenters. The van der Waals surface area contributed by atoms with Crippen LogP contribution in [0.5, 0.6) is 0 Å². The summed E-state index contributed by atoms with van der Waals surface area (Å²) in [6.45, 7) is 6.93. The second-order valence-electron chi connectivity index (χ2n) is 7.76. The Bertz CT molecular complexity index is 534. The summed E-state index contributed by atoms with van der Waals surface area (Å²) in [6, 6.07) is 2.26. The summed E-state index contributed by atoms with van der Waals surface area (Å²) in [5.41, 5.74) is 1.90. The Morgan fingerprint density at radius 1 is 1.00 bits per heavy atom. The van der Waals surface area contributed by atoms with Gasteiger partial charge in [0.1, 0.15) is 11.6 Å². The summed E-state index contributed by atoms with van der Waals surface area (Å²) in [4.78, 5) is 14.3. The first kappa shape index (κ1) is 14.4. The van der Waals surface area contributed by atoms with Crippen molar-refractivity contribution in [2.75, 3.05) is 38.1 Å². The maximum Gasteiger partial charge on any atom is 0.132 e. The monoisotopic (exact) mass is 300 g/mol. The van der Waals surface area contributed by atoms with Gasteiger partial charge in [-0.25, -0.2) is 9.97 Å². The Morgan fingerprint density at radius 2 is 1.64 bits per heavy atom. The fourth-order valence-electron chi connectivity index (χ4n) is 4.13. The molecule has 1 aliphatic carbocycles. The number of piperidine rings is 2. The van der Waals surface area contributed by atoms with Gasteiger partial charge in [0.25, 0.3) is 0 Å². The van der Waals surface area contributed by atoms with Gasteiger partial charge in [-0.3, -0.25) is 0 Å². The molecule has 3 heterocycles. The molecule has 1 saturated carbocycles. The minimum Gasteiger partial charge on any atom is -0.356 e. The fraction of sp³-hybridized carbons (Fsp3) is 0.778. The molecule has 0 aromatic carbocycles. The van der Waals surface area contributed by atoms with E-state index in [1.54, 1.807) is 0 Å². The maximum atomic E-state index is 4.72. The number of nitrogens with zero attached hydrogens (tertiary/aromatic N) is 4. The number of aryl methyl sites for hydroxylation is 1. The molecule has 120 valence electrons. The van der Waals surface area contributed by atoms with Crippen LogP contribution in [-0.4, -0.2) is 48.1 Å². The molecule has 3 fully saturated rings. The average molecular weight is 300 g/mol. The van der Waals surface area contributed by atoms with Gasteiger partial charge < -0.3 is 9.80 Å². The number of likely N-dealkylation sites (tertiary alicyclic amines) is 1. The van der Waals surface area contributed by atoms with Gasteiger partial charge in [0, 0.05) is 30.8 Å². The van der Waals surface area contributed by atoms with Crippen molar-refractivity contribution in [3.63, 3.8) is 0 Å². The molecule has 4 rings (SSSR count). The van der Waals surface area contributed by atoms with E-state index in [2.05, 4.69) is 27.9 Å². The van der Waals surface area contributed by atoms with E-state index in [1.165, 1.54) is 76.2 Å². The van der Waals surface area contributed by atoms with Crippen molar-refractivity contribution in [1.82, 2.24) is 14.9 Å². The summed E-state index contributed by atoms with van der Waals surface area (Å²) in [5.74, 6) is 2.83. The third-order valence-corrected chi connectivity index (χ3v) is 6.04. The first-order valence-corrected chi connectivity index (χ1v) is 8.93. The largest absolute Gasteiger partial charge is 0.356 e. The van der Waals surface area contributed by atoms with Crippen molar-refractivity contribution in [1.29, 1.82) is 0 Å². The van der Waals surface area contributed by atoms with Gasteiger partial charge in [-0.05, 0) is 71.0 Å². The highest BCUT2D eigenvalue weighted by molar-refractivity contribution is 5.42. The van der Waals surface area contributed by atoms with E-state index in [-0.39, 0.29) is 0 Å². The second kappa shape index (κ2) is 5.48. The highest BCUT2D eigenvalue weighted by Crippen LogP contribution is 2.43. The zero-order chi connectivity index (χ0) is 15.2. The van der Waals surface area contributed by atoms with E-state index in [0.29, 0.717) is 11.3 Å². The van der Waals surface area contributed by atoms with Crippen LogP contribution in [0.2, 0.25) is 0 Å². The third kappa shape index (κ3) is 2.85. The van der Waals surface area contributed by atoms with Gasteiger partial charge >= 0.3 is 0 Å². The van der Waals surface area contributed by atoms with Gasteiger partial charge in [-0.1, -0.05) is 0 Å². The van der Waals surface area contributed by atoms with Crippen molar-refractivity contribution in [3.8, 4) is 0 Å². The van der Waals surface area contributed by atoms with Crippen LogP contribution in [0.25, 0.3) is 0 Å². The molecular formula is C18H28N4. The van der Waals surface area contributed by atoms with Crippen molar-refractivity contribution in [2.45, 2.75) is 51.4 Å². The molecule has 1 aromatic rings. The van der Waals surface area contributed by atoms with E-state index in [0.717, 1.165) is 5.82 Å². The lowest BCUT2D eigenvalue weighted by atomic mass is 9.71. The Balaban J connectivity index is 1.45. The molecule has 0 N–H and O–H groups in total. The van der Waals surface area contributed by atoms with Gasteiger partial charge in [0.05, 0.1) is 0 Å². The van der Waals surface area contributed by atoms with Crippen molar-refractivity contribution in [2.24, 2.45) is 5.41 Å². The predicted octanol–water partition coefficient (Wildman–Crippen LogP) is 2.97. The Hall–Kier alpha value is -1.16. The van der Waals surface area contributed by atoms with E-state index in [9.17, 15) is 0 Å². The SMILES string of the molecule is Cc1nc(C2CC2)cc(N2CCC3(CCN(C)CC3)CC2)n1. The second-order valence-corrected chi connectivity index (χ2v) is 7.76. The molecule has 1 spiro atoms. The Labute approximate surface area is 133 Å². The summed E-state index contributed by atoms with van der Waals surface area (Å²) in [7, 11) is 2.26. The van der Waals surface area contributed by atoms with E-state index < -0.39 is 0 Å². The predicted molar refractivity (Wildman–Crippen MR) is 89.4 cm³/mol. The van der Waals surface area contributed by atoms with Crippen LogP contribution in [0, 0.1) is 12.3 Å². The highest BCUT2D eigenvalue weighted by atomic mass is 15.2.